The highest BCUT2D eigenvalue weighted by atomic mass is 32.2. The SMILES string of the molecule is CC(C)Sc1n[nH]c2nc3c(c(=O)n12)C1(CCCC1)Cc1ccccc1-3. The molecule has 6 heteroatoms. The second-order valence-corrected chi connectivity index (χ2v) is 9.34. The molecule has 2 heterocycles. The Morgan fingerprint density at radius 3 is 2.77 bits per heavy atom. The second kappa shape index (κ2) is 5.71. The molecule has 1 aromatic carbocycles. The number of fused-ring (bicyclic) bond motifs is 5. The molecule has 5 nitrogen and oxygen atoms in total. The van der Waals surface area contributed by atoms with Gasteiger partial charge in [-0.05, 0) is 24.8 Å². The number of aromatic amines is 1. The molecule has 0 unspecified atom stereocenters. The maximum absolute atomic E-state index is 13.7. The van der Waals surface area contributed by atoms with E-state index in [9.17, 15) is 4.79 Å². The quantitative estimate of drug-likeness (QED) is 0.698. The zero-order valence-corrected chi connectivity index (χ0v) is 15.9. The summed E-state index contributed by atoms with van der Waals surface area (Å²) < 4.78 is 1.69. The topological polar surface area (TPSA) is 63.0 Å². The molecule has 134 valence electrons. The van der Waals surface area contributed by atoms with Crippen LogP contribution in [0.4, 0.5) is 0 Å². The number of H-pyrrole nitrogens is 1. The lowest BCUT2D eigenvalue weighted by Crippen LogP contribution is -2.38. The van der Waals surface area contributed by atoms with Crippen LogP contribution in [-0.4, -0.2) is 24.8 Å². The summed E-state index contributed by atoms with van der Waals surface area (Å²) in [6.45, 7) is 4.22. The van der Waals surface area contributed by atoms with Crippen molar-refractivity contribution in [1.82, 2.24) is 19.6 Å². The normalized spacial score (nSPS) is 17.8. The number of benzene rings is 1. The van der Waals surface area contributed by atoms with Gasteiger partial charge in [-0.15, -0.1) is 5.10 Å². The van der Waals surface area contributed by atoms with Crippen molar-refractivity contribution in [3.63, 3.8) is 0 Å². The number of hydrogen-bond acceptors (Lipinski definition) is 4. The molecule has 0 atom stereocenters. The molecule has 1 fully saturated rings. The average molecular weight is 366 g/mol. The van der Waals surface area contributed by atoms with E-state index >= 15 is 0 Å². The number of aromatic nitrogens is 4. The van der Waals surface area contributed by atoms with Gasteiger partial charge in [-0.3, -0.25) is 4.79 Å². The first kappa shape index (κ1) is 16.1. The van der Waals surface area contributed by atoms with Crippen LogP contribution in [0, 0.1) is 0 Å². The standard InChI is InChI=1S/C20H22N4OS/c1-12(2)26-19-23-22-18-21-16-14-8-4-3-7-13(14)11-20(9-5-6-10-20)15(16)17(25)24(18)19/h3-4,7-8,12H,5-6,9-11H2,1-2H3,(H,21,22). The van der Waals surface area contributed by atoms with Crippen LogP contribution in [0.1, 0.15) is 50.7 Å². The van der Waals surface area contributed by atoms with Crippen LogP contribution < -0.4 is 5.56 Å². The minimum atomic E-state index is -0.0635. The van der Waals surface area contributed by atoms with Crippen LogP contribution in [0.25, 0.3) is 17.0 Å². The molecule has 2 aliphatic carbocycles. The summed E-state index contributed by atoms with van der Waals surface area (Å²) in [6, 6.07) is 8.41. The lowest BCUT2D eigenvalue weighted by molar-refractivity contribution is 0.425. The molecule has 5 rings (SSSR count). The van der Waals surface area contributed by atoms with E-state index in [-0.39, 0.29) is 11.0 Å². The van der Waals surface area contributed by atoms with Crippen molar-refractivity contribution in [1.29, 1.82) is 0 Å². The van der Waals surface area contributed by atoms with E-state index in [1.807, 2.05) is 6.07 Å². The van der Waals surface area contributed by atoms with Crippen molar-refractivity contribution < 1.29 is 0 Å². The summed E-state index contributed by atoms with van der Waals surface area (Å²) in [6.07, 6.45) is 5.46. The average Bonchev–Trinajstić information content (AvgIpc) is 3.22. The van der Waals surface area contributed by atoms with Gasteiger partial charge >= 0.3 is 0 Å². The molecule has 0 saturated heterocycles. The van der Waals surface area contributed by atoms with Crippen molar-refractivity contribution in [2.75, 3.05) is 0 Å². The highest BCUT2D eigenvalue weighted by Gasteiger charge is 2.44. The van der Waals surface area contributed by atoms with E-state index < -0.39 is 0 Å². The van der Waals surface area contributed by atoms with Gasteiger partial charge in [0.2, 0.25) is 5.78 Å². The third kappa shape index (κ3) is 2.21. The predicted octanol–water partition coefficient (Wildman–Crippen LogP) is 3.95. The van der Waals surface area contributed by atoms with Crippen LogP contribution in [0.15, 0.2) is 34.2 Å². The van der Waals surface area contributed by atoms with Gasteiger partial charge in [-0.2, -0.15) is 0 Å². The van der Waals surface area contributed by atoms with Crippen molar-refractivity contribution in [2.45, 2.75) is 61.8 Å². The Morgan fingerprint density at radius 1 is 1.23 bits per heavy atom. The third-order valence-electron chi connectivity index (χ3n) is 5.76. The number of nitrogens with one attached hydrogen (secondary N) is 1. The first-order valence-corrected chi connectivity index (χ1v) is 10.2. The Kier molecular flexibility index (Phi) is 3.54. The van der Waals surface area contributed by atoms with Gasteiger partial charge in [0.15, 0.2) is 5.16 Å². The molecule has 1 saturated carbocycles. The van der Waals surface area contributed by atoms with Crippen LogP contribution in [-0.2, 0) is 11.8 Å². The molecular formula is C20H22N4OS. The van der Waals surface area contributed by atoms with Gasteiger partial charge in [-0.1, -0.05) is 62.7 Å². The monoisotopic (exact) mass is 366 g/mol. The number of thioether (sulfide) groups is 1. The molecule has 2 aliphatic rings. The Labute approximate surface area is 156 Å². The molecule has 1 N–H and O–H groups in total. The zero-order valence-electron chi connectivity index (χ0n) is 15.1. The lowest BCUT2D eigenvalue weighted by atomic mass is 9.68. The van der Waals surface area contributed by atoms with E-state index in [4.69, 9.17) is 4.98 Å². The van der Waals surface area contributed by atoms with Crippen LogP contribution >= 0.6 is 11.8 Å². The molecular weight excluding hydrogens is 344 g/mol. The van der Waals surface area contributed by atoms with Gasteiger partial charge in [0.25, 0.3) is 5.56 Å². The highest BCUT2D eigenvalue weighted by molar-refractivity contribution is 7.99. The van der Waals surface area contributed by atoms with E-state index in [2.05, 4.69) is 42.2 Å². The minimum absolute atomic E-state index is 0.0635. The van der Waals surface area contributed by atoms with Crippen molar-refractivity contribution >= 4 is 17.5 Å². The molecule has 26 heavy (non-hydrogen) atoms. The maximum atomic E-state index is 13.7. The Hall–Kier alpha value is -2.08. The fourth-order valence-corrected chi connectivity index (χ4v) is 5.52. The van der Waals surface area contributed by atoms with E-state index in [0.29, 0.717) is 16.2 Å². The fourth-order valence-electron chi connectivity index (χ4n) is 4.72. The molecule has 0 bridgehead atoms. The maximum Gasteiger partial charge on any atom is 0.265 e. The molecule has 3 aromatic rings. The summed E-state index contributed by atoms with van der Waals surface area (Å²) >= 11 is 1.60. The molecule has 0 radical (unpaired) electrons. The van der Waals surface area contributed by atoms with Gasteiger partial charge in [0, 0.05) is 16.2 Å². The summed E-state index contributed by atoms with van der Waals surface area (Å²) in [7, 11) is 0. The molecule has 0 amide bonds. The number of nitrogens with zero attached hydrogens (tertiary/aromatic N) is 3. The van der Waals surface area contributed by atoms with Crippen molar-refractivity contribution in [3.8, 4) is 11.3 Å². The van der Waals surface area contributed by atoms with Gasteiger partial charge in [0.1, 0.15) is 0 Å². The minimum Gasteiger partial charge on any atom is -0.268 e. The van der Waals surface area contributed by atoms with Gasteiger partial charge < -0.3 is 0 Å². The van der Waals surface area contributed by atoms with Crippen LogP contribution in [0.3, 0.4) is 0 Å². The van der Waals surface area contributed by atoms with Crippen LogP contribution in [0.5, 0.6) is 0 Å². The van der Waals surface area contributed by atoms with E-state index in [1.54, 1.807) is 16.2 Å². The Bertz CT molecular complexity index is 1060. The molecule has 2 aromatic heterocycles. The summed E-state index contributed by atoms with van der Waals surface area (Å²) in [4.78, 5) is 18.6. The second-order valence-electron chi connectivity index (χ2n) is 7.79. The number of rotatable bonds is 2. The third-order valence-corrected chi connectivity index (χ3v) is 6.72. The smallest absolute Gasteiger partial charge is 0.265 e. The zero-order chi connectivity index (χ0) is 17.9. The largest absolute Gasteiger partial charge is 0.268 e. The molecule has 0 aliphatic heterocycles. The first-order chi connectivity index (χ1) is 12.6. The fraction of sp³-hybridized carbons (Fsp3) is 0.450. The predicted molar refractivity (Wildman–Crippen MR) is 104 cm³/mol. The lowest BCUT2D eigenvalue weighted by Gasteiger charge is -2.35. The molecule has 1 spiro atoms. The Balaban J connectivity index is 1.85. The van der Waals surface area contributed by atoms with E-state index in [1.165, 1.54) is 18.4 Å². The highest BCUT2D eigenvalue weighted by Crippen LogP contribution is 2.49. The van der Waals surface area contributed by atoms with Gasteiger partial charge in [0.05, 0.1) is 11.3 Å². The summed E-state index contributed by atoms with van der Waals surface area (Å²) in [5.41, 5.74) is 4.20. The van der Waals surface area contributed by atoms with E-state index in [0.717, 1.165) is 36.1 Å². The first-order valence-electron chi connectivity index (χ1n) is 9.36. The van der Waals surface area contributed by atoms with Gasteiger partial charge in [-0.25, -0.2) is 14.5 Å². The van der Waals surface area contributed by atoms with Crippen molar-refractivity contribution in [3.05, 3.63) is 45.7 Å². The van der Waals surface area contributed by atoms with Crippen molar-refractivity contribution in [2.24, 2.45) is 0 Å². The Morgan fingerprint density at radius 2 is 2.00 bits per heavy atom. The number of hydrogen-bond donors (Lipinski definition) is 1. The summed E-state index contributed by atoms with van der Waals surface area (Å²) in [5, 5.41) is 8.42. The summed E-state index contributed by atoms with van der Waals surface area (Å²) in [5.74, 6) is 0.543. The van der Waals surface area contributed by atoms with Crippen LogP contribution in [0.2, 0.25) is 0 Å².